The molecule has 222 valence electrons. The zero-order chi connectivity index (χ0) is 30.6. The van der Waals surface area contributed by atoms with Crippen LogP contribution >= 0.6 is 0 Å². The van der Waals surface area contributed by atoms with Gasteiger partial charge in [-0.2, -0.15) is 15.0 Å². The van der Waals surface area contributed by atoms with Gasteiger partial charge >= 0.3 is 0 Å². The number of terminal acetylenes is 1. The van der Waals surface area contributed by atoms with E-state index in [-0.39, 0.29) is 11.9 Å². The Bertz CT molecular complexity index is 1710. The van der Waals surface area contributed by atoms with Crippen LogP contribution in [0.15, 0.2) is 59.6 Å². The van der Waals surface area contributed by atoms with Gasteiger partial charge in [0.1, 0.15) is 0 Å². The molecule has 1 aliphatic heterocycles. The Kier molecular flexibility index (Phi) is 8.78. The average Bonchev–Trinajstić information content (AvgIpc) is 3.40. The molecule has 4 aromatic rings. The molecular formula is C32H34F2N8O. The molecule has 2 aromatic carbocycles. The zero-order valence-corrected chi connectivity index (χ0v) is 24.7. The molecule has 11 heteroatoms. The van der Waals surface area contributed by atoms with Gasteiger partial charge in [0.05, 0.1) is 24.2 Å². The first kappa shape index (κ1) is 29.8. The summed E-state index contributed by atoms with van der Waals surface area (Å²) in [5.41, 5.74) is 3.85. The third kappa shape index (κ3) is 6.70. The summed E-state index contributed by atoms with van der Waals surface area (Å²) in [6.45, 7) is 8.10. The maximum Gasteiger partial charge on any atom is 0.296 e. The van der Waals surface area contributed by atoms with Crippen molar-refractivity contribution in [1.29, 1.82) is 0 Å². The van der Waals surface area contributed by atoms with Gasteiger partial charge < -0.3 is 15.0 Å². The highest BCUT2D eigenvalue weighted by atomic mass is 19.3. The van der Waals surface area contributed by atoms with Gasteiger partial charge in [0.15, 0.2) is 5.82 Å². The van der Waals surface area contributed by atoms with Crippen LogP contribution in [0.2, 0.25) is 0 Å². The van der Waals surface area contributed by atoms with E-state index in [1.54, 1.807) is 31.3 Å². The molecule has 1 N–H and O–H groups in total. The van der Waals surface area contributed by atoms with Crippen molar-refractivity contribution < 1.29 is 13.5 Å². The molecule has 0 spiro atoms. The molecule has 3 heterocycles. The molecule has 1 saturated heterocycles. The number of alkyl halides is 2. The fraction of sp³-hybridized carbons (Fsp3) is 0.344. The Morgan fingerprint density at radius 3 is 2.49 bits per heavy atom. The first-order valence-electron chi connectivity index (χ1n) is 14.0. The summed E-state index contributed by atoms with van der Waals surface area (Å²) < 4.78 is 35.3. The number of anilines is 2. The fourth-order valence-corrected chi connectivity index (χ4v) is 5.05. The molecule has 5 rings (SSSR count). The second kappa shape index (κ2) is 12.7. The van der Waals surface area contributed by atoms with Crippen molar-refractivity contribution >= 4 is 34.2 Å². The van der Waals surface area contributed by atoms with Gasteiger partial charge in [-0.3, -0.25) is 9.56 Å². The van der Waals surface area contributed by atoms with Gasteiger partial charge in [-0.25, -0.2) is 13.8 Å². The highest BCUT2D eigenvalue weighted by Gasteiger charge is 2.27. The molecule has 0 radical (unpaired) electrons. The number of hydrogen-bond acceptors (Lipinski definition) is 8. The van der Waals surface area contributed by atoms with Gasteiger partial charge in [0.25, 0.3) is 6.43 Å². The molecule has 0 saturated carbocycles. The van der Waals surface area contributed by atoms with E-state index in [0.29, 0.717) is 49.7 Å². The summed E-state index contributed by atoms with van der Waals surface area (Å²) >= 11 is 0. The Morgan fingerprint density at radius 2 is 1.77 bits per heavy atom. The highest BCUT2D eigenvalue weighted by Crippen LogP contribution is 2.29. The quantitative estimate of drug-likeness (QED) is 0.204. The van der Waals surface area contributed by atoms with E-state index in [1.807, 2.05) is 56.0 Å². The Balaban J connectivity index is 1.56. The van der Waals surface area contributed by atoms with Crippen molar-refractivity contribution in [3.63, 3.8) is 0 Å². The number of nitrogens with zero attached hydrogens (tertiary/aromatic N) is 7. The average molecular weight is 585 g/mol. The number of allylic oxidation sites excluding steroid dienone is 2. The minimum Gasteiger partial charge on any atom is -0.378 e. The predicted octanol–water partition coefficient (Wildman–Crippen LogP) is 5.53. The fourth-order valence-electron chi connectivity index (χ4n) is 5.05. The summed E-state index contributed by atoms with van der Waals surface area (Å²) in [5.74, 6) is 3.06. The molecule has 1 fully saturated rings. The van der Waals surface area contributed by atoms with Crippen molar-refractivity contribution in [2.24, 2.45) is 4.99 Å². The molecule has 2 aromatic heterocycles. The second-order valence-corrected chi connectivity index (χ2v) is 10.9. The smallest absolute Gasteiger partial charge is 0.296 e. The largest absolute Gasteiger partial charge is 0.378 e. The van der Waals surface area contributed by atoms with Crippen LogP contribution in [-0.4, -0.2) is 69.1 Å². The lowest BCUT2D eigenvalue weighted by molar-refractivity contribution is 0.122. The number of ether oxygens (including phenoxy) is 1. The van der Waals surface area contributed by atoms with Crippen molar-refractivity contribution in [3.05, 3.63) is 71.6 Å². The highest BCUT2D eigenvalue weighted by molar-refractivity contribution is 6.02. The van der Waals surface area contributed by atoms with Crippen molar-refractivity contribution in [3.8, 4) is 18.3 Å². The zero-order valence-electron chi connectivity index (χ0n) is 24.7. The molecule has 0 atom stereocenters. The number of nitrogens with one attached hydrogen (secondary N) is 1. The van der Waals surface area contributed by atoms with E-state index in [1.165, 1.54) is 4.57 Å². The number of rotatable bonds is 9. The van der Waals surface area contributed by atoms with E-state index in [9.17, 15) is 8.78 Å². The van der Waals surface area contributed by atoms with E-state index in [2.05, 4.69) is 31.2 Å². The molecule has 0 unspecified atom stereocenters. The summed E-state index contributed by atoms with van der Waals surface area (Å²) in [4.78, 5) is 24.4. The SMILES string of the molecule is C#C/C(=C\C(C)=N/C)c1ccccc1CC(C)(C)Nc1nc(N2CCOCC2)nc(-n2c(C(F)F)nc3ccccc32)n1. The summed E-state index contributed by atoms with van der Waals surface area (Å²) in [7, 11) is 1.73. The van der Waals surface area contributed by atoms with Crippen LogP contribution in [0.3, 0.4) is 0 Å². The van der Waals surface area contributed by atoms with Crippen molar-refractivity contribution in [2.75, 3.05) is 43.6 Å². The predicted molar refractivity (Wildman–Crippen MR) is 166 cm³/mol. The topological polar surface area (TPSA) is 93.3 Å². The summed E-state index contributed by atoms with van der Waals surface area (Å²) in [5, 5.41) is 3.45. The number of para-hydroxylation sites is 2. The first-order valence-corrected chi connectivity index (χ1v) is 14.0. The number of aromatic nitrogens is 5. The molecule has 0 bridgehead atoms. The lowest BCUT2D eigenvalue weighted by Crippen LogP contribution is -2.39. The monoisotopic (exact) mass is 584 g/mol. The van der Waals surface area contributed by atoms with Crippen molar-refractivity contribution in [1.82, 2.24) is 24.5 Å². The normalized spacial score (nSPS) is 14.8. The van der Waals surface area contributed by atoms with Crippen LogP contribution in [0.4, 0.5) is 20.7 Å². The summed E-state index contributed by atoms with van der Waals surface area (Å²) in [6.07, 6.45) is 5.52. The van der Waals surface area contributed by atoms with Crippen LogP contribution < -0.4 is 10.2 Å². The Hall–Kier alpha value is -4.69. The third-order valence-electron chi connectivity index (χ3n) is 7.14. The molecule has 0 aliphatic carbocycles. The van der Waals surface area contributed by atoms with Gasteiger partial charge in [0, 0.05) is 37.0 Å². The second-order valence-electron chi connectivity index (χ2n) is 10.9. The first-order chi connectivity index (χ1) is 20.7. The number of imidazole rings is 1. The van der Waals surface area contributed by atoms with Crippen LogP contribution in [0.5, 0.6) is 0 Å². The van der Waals surface area contributed by atoms with Crippen LogP contribution in [0.25, 0.3) is 22.6 Å². The van der Waals surface area contributed by atoms with E-state index >= 15 is 0 Å². The number of benzene rings is 2. The Labute approximate surface area is 249 Å². The minimum atomic E-state index is -2.83. The van der Waals surface area contributed by atoms with Gasteiger partial charge in [-0.15, -0.1) is 6.42 Å². The van der Waals surface area contributed by atoms with Crippen LogP contribution in [0.1, 0.15) is 44.1 Å². The van der Waals surface area contributed by atoms with Gasteiger partial charge in [-0.05, 0) is 56.5 Å². The van der Waals surface area contributed by atoms with Crippen molar-refractivity contribution in [2.45, 2.75) is 39.2 Å². The van der Waals surface area contributed by atoms with Crippen LogP contribution in [0, 0.1) is 12.3 Å². The number of halogens is 2. The number of aliphatic imine (C=N–C) groups is 1. The standard InChI is InChI=1S/C32H34F2N8O/c1-6-22(19-21(2)35-5)24-12-8-7-11-23(24)20-32(3,4)40-29-37-30(41-15-17-43-18-16-41)39-31(38-29)42-26-14-10-9-13-25(26)36-28(42)27(33)34/h1,7-14,19,27H,15-18,20H2,2-5H3,(H,37,38,39,40)/b22-19+,35-21-. The molecule has 1 aliphatic rings. The van der Waals surface area contributed by atoms with E-state index < -0.39 is 17.8 Å². The molecule has 9 nitrogen and oxygen atoms in total. The molecule has 43 heavy (non-hydrogen) atoms. The lowest BCUT2D eigenvalue weighted by atomic mass is 9.89. The molecular weight excluding hydrogens is 550 g/mol. The maximum atomic E-state index is 14.2. The number of fused-ring (bicyclic) bond motifs is 1. The third-order valence-corrected chi connectivity index (χ3v) is 7.14. The Morgan fingerprint density at radius 1 is 1.07 bits per heavy atom. The van der Waals surface area contributed by atoms with E-state index in [0.717, 1.165) is 22.4 Å². The maximum absolute atomic E-state index is 14.2. The van der Waals surface area contributed by atoms with E-state index in [4.69, 9.17) is 16.1 Å². The van der Waals surface area contributed by atoms with Gasteiger partial charge in [-0.1, -0.05) is 42.3 Å². The number of hydrogen-bond donors (Lipinski definition) is 1. The minimum absolute atomic E-state index is 0.0612. The lowest BCUT2D eigenvalue weighted by Gasteiger charge is -2.30. The molecule has 0 amide bonds. The number of morpholine rings is 1. The van der Waals surface area contributed by atoms with Gasteiger partial charge in [0.2, 0.25) is 17.8 Å². The van der Waals surface area contributed by atoms with Crippen LogP contribution in [-0.2, 0) is 11.2 Å². The summed E-state index contributed by atoms with van der Waals surface area (Å²) in [6, 6.07) is 14.9.